The number of unbranched alkanes of at least 4 members (excludes halogenated alkanes) is 6. The van der Waals surface area contributed by atoms with Crippen LogP contribution >= 0.6 is 0 Å². The van der Waals surface area contributed by atoms with Crippen molar-refractivity contribution in [2.75, 3.05) is 11.5 Å². The van der Waals surface area contributed by atoms with Gasteiger partial charge >= 0.3 is 12.1 Å². The summed E-state index contributed by atoms with van der Waals surface area (Å²) in [6, 6.07) is 5.97. The Labute approximate surface area is 248 Å². The van der Waals surface area contributed by atoms with Crippen LogP contribution in [0.3, 0.4) is 0 Å². The first-order valence-corrected chi connectivity index (χ1v) is 17.6. The molecule has 0 bridgehead atoms. The van der Waals surface area contributed by atoms with Gasteiger partial charge < -0.3 is 5.11 Å². The smallest absolute Gasteiger partial charge is 0.453 e. The van der Waals surface area contributed by atoms with Crippen molar-refractivity contribution in [1.82, 2.24) is 0 Å². The second-order valence-corrected chi connectivity index (χ2v) is 15.8. The molecule has 0 aromatic heterocycles. The van der Waals surface area contributed by atoms with E-state index in [1.54, 1.807) is 0 Å². The summed E-state index contributed by atoms with van der Waals surface area (Å²) in [5.41, 5.74) is 4.42. The van der Waals surface area contributed by atoms with Crippen molar-refractivity contribution >= 4 is 9.84 Å². The van der Waals surface area contributed by atoms with Crippen molar-refractivity contribution in [3.05, 3.63) is 41.5 Å². The number of alkyl halides is 5. The molecule has 0 radical (unpaired) electrons. The van der Waals surface area contributed by atoms with E-state index in [0.717, 1.165) is 44.9 Å². The van der Waals surface area contributed by atoms with Crippen molar-refractivity contribution in [3.63, 3.8) is 0 Å². The maximum atomic E-state index is 13.0. The van der Waals surface area contributed by atoms with E-state index in [1.807, 2.05) is 12.1 Å². The fourth-order valence-electron chi connectivity index (χ4n) is 8.34. The van der Waals surface area contributed by atoms with E-state index in [4.69, 9.17) is 0 Å². The highest BCUT2D eigenvalue weighted by Gasteiger charge is 2.57. The average molecular weight is 619 g/mol. The minimum atomic E-state index is -5.65. The molecule has 0 aliphatic heterocycles. The van der Waals surface area contributed by atoms with E-state index in [9.17, 15) is 35.5 Å². The molecule has 3 aliphatic rings. The monoisotopic (exact) mass is 618 g/mol. The van der Waals surface area contributed by atoms with Gasteiger partial charge in [0.2, 0.25) is 0 Å². The highest BCUT2D eigenvalue weighted by molar-refractivity contribution is 7.91. The molecule has 238 valence electrons. The van der Waals surface area contributed by atoms with Gasteiger partial charge in [-0.25, -0.2) is 8.42 Å². The van der Waals surface area contributed by atoms with Gasteiger partial charge in [-0.15, -0.1) is 0 Å². The molecule has 3 nitrogen and oxygen atoms in total. The predicted octanol–water partition coefficient (Wildman–Crippen LogP) is 9.54. The van der Waals surface area contributed by atoms with Gasteiger partial charge in [0.05, 0.1) is 11.5 Å². The summed E-state index contributed by atoms with van der Waals surface area (Å²) in [5.74, 6) is -2.83. The SMILES string of the molecule is C=C1CCC2C3C(CC[C@]12C)c1ccc(O)cc1C[C@H]3CCCCCCCCCS(=O)(=O)CCCC(F)(F)C(F)(F)F. The zero-order valence-corrected chi connectivity index (χ0v) is 25.6. The third-order valence-electron chi connectivity index (χ3n) is 10.7. The topological polar surface area (TPSA) is 54.4 Å². The van der Waals surface area contributed by atoms with Gasteiger partial charge in [-0.05, 0) is 104 Å². The molecule has 1 aromatic rings. The van der Waals surface area contributed by atoms with Crippen LogP contribution in [0, 0.1) is 23.2 Å². The third kappa shape index (κ3) is 7.52. The van der Waals surface area contributed by atoms with Crippen LogP contribution in [0.25, 0.3) is 0 Å². The summed E-state index contributed by atoms with van der Waals surface area (Å²) in [5, 5.41) is 10.2. The van der Waals surface area contributed by atoms with Crippen LogP contribution in [0.2, 0.25) is 0 Å². The second-order valence-electron chi connectivity index (χ2n) is 13.5. The second kappa shape index (κ2) is 13.2. The summed E-state index contributed by atoms with van der Waals surface area (Å²) >= 11 is 0. The quantitative estimate of drug-likeness (QED) is 0.128. The van der Waals surface area contributed by atoms with Crippen LogP contribution in [0.4, 0.5) is 22.0 Å². The number of hydrogen-bond donors (Lipinski definition) is 1. The van der Waals surface area contributed by atoms with Crippen LogP contribution in [0.5, 0.6) is 5.75 Å². The maximum Gasteiger partial charge on any atom is 0.453 e. The summed E-state index contributed by atoms with van der Waals surface area (Å²) in [4.78, 5) is 0. The number of hydrogen-bond acceptors (Lipinski definition) is 3. The molecule has 4 rings (SSSR count). The van der Waals surface area contributed by atoms with Crippen LogP contribution in [0.1, 0.15) is 114 Å². The van der Waals surface area contributed by atoms with Gasteiger partial charge in [0.1, 0.15) is 15.6 Å². The average Bonchev–Trinajstić information content (AvgIpc) is 3.20. The minimum absolute atomic E-state index is 0.168. The Hall–Kier alpha value is -1.64. The Bertz CT molecular complexity index is 1190. The van der Waals surface area contributed by atoms with E-state index in [-0.39, 0.29) is 11.2 Å². The molecule has 1 aromatic carbocycles. The number of rotatable bonds is 14. The maximum absolute atomic E-state index is 13.0. The lowest BCUT2D eigenvalue weighted by molar-refractivity contribution is -0.284. The number of phenolic OH excluding ortho intramolecular Hbond substituents is 1. The number of aromatic hydroxyl groups is 1. The van der Waals surface area contributed by atoms with Crippen LogP contribution in [0.15, 0.2) is 30.4 Å². The first kappa shape index (κ1) is 33.3. The lowest BCUT2D eigenvalue weighted by atomic mass is 9.52. The lowest BCUT2D eigenvalue weighted by Gasteiger charge is -2.52. The number of allylic oxidation sites excluding steroid dienone is 1. The molecule has 3 aliphatic carbocycles. The fraction of sp³-hybridized carbons (Fsp3) is 0.758. The normalized spacial score (nSPS) is 27.9. The van der Waals surface area contributed by atoms with Crippen molar-refractivity contribution < 1.29 is 35.5 Å². The summed E-state index contributed by atoms with van der Waals surface area (Å²) < 4.78 is 86.8. The van der Waals surface area contributed by atoms with E-state index >= 15 is 0 Å². The van der Waals surface area contributed by atoms with E-state index in [1.165, 1.54) is 42.4 Å². The first-order chi connectivity index (χ1) is 19.6. The van der Waals surface area contributed by atoms with Gasteiger partial charge in [-0.1, -0.05) is 63.7 Å². The van der Waals surface area contributed by atoms with E-state index in [0.29, 0.717) is 42.3 Å². The summed E-state index contributed by atoms with van der Waals surface area (Å²) in [6.45, 7) is 6.89. The molecule has 2 saturated carbocycles. The number of fused-ring (bicyclic) bond motifs is 5. The molecule has 0 spiro atoms. The molecule has 9 heteroatoms. The van der Waals surface area contributed by atoms with Crippen LogP contribution < -0.4 is 0 Å². The van der Waals surface area contributed by atoms with Gasteiger partial charge in [0, 0.05) is 6.42 Å². The molecule has 0 saturated heterocycles. The summed E-state index contributed by atoms with van der Waals surface area (Å²) in [6.07, 6.45) is 5.39. The van der Waals surface area contributed by atoms with E-state index in [2.05, 4.69) is 19.6 Å². The highest BCUT2D eigenvalue weighted by atomic mass is 32.2. The van der Waals surface area contributed by atoms with Crippen molar-refractivity contribution in [2.24, 2.45) is 23.2 Å². The lowest BCUT2D eigenvalue weighted by Crippen LogP contribution is -2.44. The molecule has 1 N–H and O–H groups in total. The Balaban J connectivity index is 1.17. The third-order valence-corrected chi connectivity index (χ3v) is 12.6. The molecule has 2 fully saturated rings. The van der Waals surface area contributed by atoms with Crippen molar-refractivity contribution in [1.29, 1.82) is 0 Å². The van der Waals surface area contributed by atoms with Gasteiger partial charge in [0.25, 0.3) is 0 Å². The fourth-order valence-corrected chi connectivity index (χ4v) is 9.77. The van der Waals surface area contributed by atoms with Gasteiger partial charge in [-0.3, -0.25) is 0 Å². The van der Waals surface area contributed by atoms with Crippen LogP contribution in [-0.2, 0) is 16.3 Å². The molecule has 0 amide bonds. The number of halogens is 5. The molecule has 5 atom stereocenters. The Kier molecular flexibility index (Phi) is 10.4. The van der Waals surface area contributed by atoms with Crippen molar-refractivity contribution in [2.45, 2.75) is 121 Å². The molecule has 0 heterocycles. The largest absolute Gasteiger partial charge is 0.508 e. The Morgan fingerprint density at radius 2 is 1.60 bits per heavy atom. The molecular weight excluding hydrogens is 571 g/mol. The van der Waals surface area contributed by atoms with E-state index < -0.39 is 40.5 Å². The van der Waals surface area contributed by atoms with Gasteiger partial charge in [0.15, 0.2) is 0 Å². The molecule has 3 unspecified atom stereocenters. The predicted molar refractivity (Wildman–Crippen MR) is 157 cm³/mol. The molecule has 42 heavy (non-hydrogen) atoms. The molecular formula is C33H47F5O3S. The Morgan fingerprint density at radius 3 is 2.29 bits per heavy atom. The van der Waals surface area contributed by atoms with Gasteiger partial charge in [-0.2, -0.15) is 22.0 Å². The zero-order valence-electron chi connectivity index (χ0n) is 24.8. The number of sulfone groups is 1. The van der Waals surface area contributed by atoms with Crippen molar-refractivity contribution in [3.8, 4) is 5.75 Å². The first-order valence-electron chi connectivity index (χ1n) is 15.8. The zero-order chi connectivity index (χ0) is 30.8. The standard InChI is InChI=1S/C33H47F5O3S/c1-23-12-15-29-30-24(21-25-22-26(39)13-14-27(25)28(30)16-18-31(23,29)2)11-8-6-4-3-5-7-9-19-42(40,41)20-10-17-32(34,35)33(36,37)38/h13-14,22,24,28-30,39H,1,3-12,15-21H2,2H3/t24-,28?,29?,30?,31-/m1/s1. The van der Waals surface area contributed by atoms with Crippen LogP contribution in [-0.4, -0.2) is 37.1 Å². The number of benzene rings is 1. The number of phenols is 1. The Morgan fingerprint density at radius 1 is 0.952 bits per heavy atom. The summed E-state index contributed by atoms with van der Waals surface area (Å²) in [7, 11) is -3.63. The minimum Gasteiger partial charge on any atom is -0.508 e. The highest BCUT2D eigenvalue weighted by Crippen LogP contribution is 2.64.